The summed E-state index contributed by atoms with van der Waals surface area (Å²) in [6.45, 7) is 0.980. The Labute approximate surface area is 126 Å². The third-order valence-electron chi connectivity index (χ3n) is 4.42. The fraction of sp³-hybridized carbons (Fsp3) is 0.375. The van der Waals surface area contributed by atoms with Crippen LogP contribution in [0.25, 0.3) is 11.3 Å². The molecule has 114 valence electrons. The number of nitrogen functional groups attached to an aromatic ring is 1. The second kappa shape index (κ2) is 4.64. The van der Waals surface area contributed by atoms with Crippen LogP contribution in [0.1, 0.15) is 29.5 Å². The van der Waals surface area contributed by atoms with Crippen molar-refractivity contribution in [1.82, 2.24) is 10.2 Å². The molecule has 1 aromatic heterocycles. The lowest BCUT2D eigenvalue weighted by Gasteiger charge is -2.20. The van der Waals surface area contributed by atoms with Gasteiger partial charge in [-0.05, 0) is 42.5 Å². The first kappa shape index (κ1) is 13.5. The third-order valence-corrected chi connectivity index (χ3v) is 4.42. The molecule has 2 aliphatic rings. The lowest BCUT2D eigenvalue weighted by atomic mass is 9.96. The summed E-state index contributed by atoms with van der Waals surface area (Å²) in [6.07, 6.45) is 1.69. The number of alkyl halides is 1. The fourth-order valence-electron chi connectivity index (χ4n) is 2.93. The van der Waals surface area contributed by atoms with Crippen molar-refractivity contribution in [3.05, 3.63) is 34.9 Å². The Kier molecular flexibility index (Phi) is 2.84. The van der Waals surface area contributed by atoms with E-state index >= 15 is 0 Å². The number of rotatable bonds is 2. The van der Waals surface area contributed by atoms with E-state index in [-0.39, 0.29) is 5.75 Å². The second-order valence-electron chi connectivity index (χ2n) is 5.89. The van der Waals surface area contributed by atoms with Crippen molar-refractivity contribution in [2.45, 2.75) is 31.5 Å². The van der Waals surface area contributed by atoms with Crippen LogP contribution in [-0.4, -0.2) is 21.9 Å². The number of aromatic nitrogens is 2. The van der Waals surface area contributed by atoms with Gasteiger partial charge in [0.05, 0.1) is 13.2 Å². The van der Waals surface area contributed by atoms with E-state index in [0.717, 1.165) is 11.1 Å². The van der Waals surface area contributed by atoms with Crippen molar-refractivity contribution in [1.29, 1.82) is 0 Å². The van der Waals surface area contributed by atoms with E-state index in [1.807, 2.05) is 0 Å². The lowest BCUT2D eigenvalue weighted by Crippen LogP contribution is -2.16. The van der Waals surface area contributed by atoms with Crippen LogP contribution in [0.5, 0.6) is 5.75 Å². The highest BCUT2D eigenvalue weighted by Gasteiger charge is 2.45. The summed E-state index contributed by atoms with van der Waals surface area (Å²) >= 11 is 0. The minimum absolute atomic E-state index is 0.0224. The molecule has 1 aliphatic heterocycles. The first-order valence-corrected chi connectivity index (χ1v) is 7.33. The molecule has 0 unspecified atom stereocenters. The molecule has 0 atom stereocenters. The summed E-state index contributed by atoms with van der Waals surface area (Å²) in [5.74, 6) is 0.379. The predicted molar refractivity (Wildman–Crippen MR) is 78.9 cm³/mol. The Morgan fingerprint density at radius 1 is 1.23 bits per heavy atom. The topological polar surface area (TPSA) is 81.3 Å². The highest BCUT2D eigenvalue weighted by molar-refractivity contribution is 5.72. The number of nitrogens with two attached hydrogens (primary N) is 1. The zero-order valence-electron chi connectivity index (χ0n) is 12.0. The van der Waals surface area contributed by atoms with Gasteiger partial charge in [0.2, 0.25) is 0 Å². The Hall–Kier alpha value is -2.21. The maximum atomic E-state index is 14.1. The number of benzene rings is 1. The van der Waals surface area contributed by atoms with E-state index in [1.54, 1.807) is 12.1 Å². The molecule has 4 rings (SSSR count). The van der Waals surface area contributed by atoms with E-state index in [2.05, 4.69) is 10.2 Å². The van der Waals surface area contributed by atoms with Crippen LogP contribution in [0.15, 0.2) is 18.2 Å². The van der Waals surface area contributed by atoms with E-state index in [9.17, 15) is 9.50 Å². The lowest BCUT2D eigenvalue weighted by molar-refractivity contribution is 0.111. The van der Waals surface area contributed by atoms with Crippen molar-refractivity contribution in [2.75, 3.05) is 12.3 Å². The Balaban J connectivity index is 1.82. The van der Waals surface area contributed by atoms with Crippen LogP contribution in [0.2, 0.25) is 0 Å². The van der Waals surface area contributed by atoms with Gasteiger partial charge in [0, 0.05) is 11.1 Å². The summed E-state index contributed by atoms with van der Waals surface area (Å²) in [5.41, 5.74) is 8.03. The highest BCUT2D eigenvalue weighted by Crippen LogP contribution is 2.51. The Morgan fingerprint density at radius 3 is 2.77 bits per heavy atom. The average Bonchev–Trinajstić information content (AvgIpc) is 3.28. The molecular weight excluding hydrogens is 285 g/mol. The summed E-state index contributed by atoms with van der Waals surface area (Å²) in [7, 11) is 0. The Morgan fingerprint density at radius 2 is 2.05 bits per heavy atom. The smallest absolute Gasteiger partial charge is 0.151 e. The molecule has 6 heteroatoms. The predicted octanol–water partition coefficient (Wildman–Crippen LogP) is 2.46. The first-order valence-electron chi connectivity index (χ1n) is 7.33. The van der Waals surface area contributed by atoms with Gasteiger partial charge in [-0.25, -0.2) is 4.39 Å². The van der Waals surface area contributed by atoms with E-state index in [1.165, 1.54) is 6.07 Å². The number of ether oxygens (including phenoxy) is 1. The van der Waals surface area contributed by atoms with Gasteiger partial charge < -0.3 is 15.6 Å². The summed E-state index contributed by atoms with van der Waals surface area (Å²) < 4.78 is 19.5. The van der Waals surface area contributed by atoms with Crippen molar-refractivity contribution in [3.8, 4) is 17.0 Å². The number of phenolic OH excluding ortho intramolecular Hbond substituents is 1. The van der Waals surface area contributed by atoms with Crippen molar-refractivity contribution in [3.63, 3.8) is 0 Å². The molecule has 0 radical (unpaired) electrons. The van der Waals surface area contributed by atoms with Crippen LogP contribution in [0.4, 0.5) is 10.2 Å². The summed E-state index contributed by atoms with van der Waals surface area (Å²) in [6, 6.07) is 4.91. The third kappa shape index (κ3) is 2.02. The van der Waals surface area contributed by atoms with Crippen LogP contribution in [0, 0.1) is 0 Å². The molecule has 22 heavy (non-hydrogen) atoms. The highest BCUT2D eigenvalue weighted by atomic mass is 19.1. The number of nitrogens with zero attached hydrogens (tertiary/aromatic N) is 2. The minimum atomic E-state index is -1.27. The SMILES string of the molecule is Nc1nnc(-c2ccc(C3(F)CC3)cc2O)c2c1COCC2. The molecule has 1 aliphatic carbocycles. The maximum Gasteiger partial charge on any atom is 0.151 e. The first-order chi connectivity index (χ1) is 10.6. The summed E-state index contributed by atoms with van der Waals surface area (Å²) in [4.78, 5) is 0. The van der Waals surface area contributed by atoms with Gasteiger partial charge in [-0.3, -0.25) is 0 Å². The van der Waals surface area contributed by atoms with Crippen LogP contribution >= 0.6 is 0 Å². The number of phenols is 1. The molecule has 1 aromatic carbocycles. The van der Waals surface area contributed by atoms with Crippen molar-refractivity contribution in [2.24, 2.45) is 0 Å². The van der Waals surface area contributed by atoms with Gasteiger partial charge in [0.1, 0.15) is 17.1 Å². The van der Waals surface area contributed by atoms with Gasteiger partial charge >= 0.3 is 0 Å². The van der Waals surface area contributed by atoms with E-state index in [0.29, 0.717) is 55.1 Å². The molecule has 0 amide bonds. The van der Waals surface area contributed by atoms with Gasteiger partial charge in [-0.1, -0.05) is 6.07 Å². The molecule has 1 fully saturated rings. The van der Waals surface area contributed by atoms with Crippen LogP contribution < -0.4 is 5.73 Å². The van der Waals surface area contributed by atoms with E-state index in [4.69, 9.17) is 10.5 Å². The van der Waals surface area contributed by atoms with Gasteiger partial charge in [0.25, 0.3) is 0 Å². The fourth-order valence-corrected chi connectivity index (χ4v) is 2.93. The van der Waals surface area contributed by atoms with Gasteiger partial charge in [0.15, 0.2) is 5.82 Å². The number of hydrogen-bond acceptors (Lipinski definition) is 5. The number of aromatic hydroxyl groups is 1. The normalized spacial score (nSPS) is 18.8. The molecule has 0 saturated heterocycles. The largest absolute Gasteiger partial charge is 0.507 e. The minimum Gasteiger partial charge on any atom is -0.507 e. The van der Waals surface area contributed by atoms with Crippen molar-refractivity contribution >= 4 is 5.82 Å². The summed E-state index contributed by atoms with van der Waals surface area (Å²) in [5, 5.41) is 18.4. The molecule has 1 saturated carbocycles. The zero-order chi connectivity index (χ0) is 15.3. The van der Waals surface area contributed by atoms with E-state index < -0.39 is 5.67 Å². The molecular formula is C16H16FN3O2. The molecule has 5 nitrogen and oxygen atoms in total. The number of halogens is 1. The molecule has 2 aromatic rings. The average molecular weight is 301 g/mol. The van der Waals surface area contributed by atoms with Crippen molar-refractivity contribution < 1.29 is 14.2 Å². The molecule has 0 bridgehead atoms. The van der Waals surface area contributed by atoms with Gasteiger partial charge in [-0.15, -0.1) is 10.2 Å². The number of hydrogen-bond donors (Lipinski definition) is 2. The molecule has 0 spiro atoms. The second-order valence-corrected chi connectivity index (χ2v) is 5.89. The number of anilines is 1. The maximum absolute atomic E-state index is 14.1. The Bertz CT molecular complexity index is 759. The molecule has 2 heterocycles. The van der Waals surface area contributed by atoms with Gasteiger partial charge in [-0.2, -0.15) is 0 Å². The number of fused-ring (bicyclic) bond motifs is 1. The monoisotopic (exact) mass is 301 g/mol. The quantitative estimate of drug-likeness (QED) is 0.890. The van der Waals surface area contributed by atoms with Crippen LogP contribution in [0.3, 0.4) is 0 Å². The van der Waals surface area contributed by atoms with Crippen LogP contribution in [-0.2, 0) is 23.4 Å². The molecule has 3 N–H and O–H groups in total. The zero-order valence-corrected chi connectivity index (χ0v) is 12.0. The standard InChI is InChI=1S/C16H16FN3O2/c17-16(4-5-16)9-1-2-11(13(21)7-9)14-10-3-6-22-8-12(10)15(18)20-19-14/h1-2,7,21H,3-6,8H2,(H2,18,20).